The molecule has 11 heteroatoms. The molecule has 168 valence electrons. The quantitative estimate of drug-likeness (QED) is 0.457. The number of ether oxygens (including phenoxy) is 2. The Bertz CT molecular complexity index is 1010. The van der Waals surface area contributed by atoms with Gasteiger partial charge in [-0.1, -0.05) is 0 Å². The van der Waals surface area contributed by atoms with Gasteiger partial charge in [-0.05, 0) is 55.5 Å². The zero-order valence-corrected chi connectivity index (χ0v) is 19.7. The van der Waals surface area contributed by atoms with Crippen molar-refractivity contribution in [3.63, 3.8) is 0 Å². The number of benzene rings is 1. The number of anilines is 1. The number of esters is 1. The largest absolute Gasteiger partial charge is 0.465 e. The summed E-state index contributed by atoms with van der Waals surface area (Å²) in [5.41, 5.74) is -0.238. The van der Waals surface area contributed by atoms with Crippen LogP contribution >= 0.6 is 22.6 Å². The molecule has 31 heavy (non-hydrogen) atoms. The second-order valence-corrected chi connectivity index (χ2v) is 9.44. The first kappa shape index (κ1) is 23.4. The molecule has 0 saturated carbocycles. The summed E-state index contributed by atoms with van der Waals surface area (Å²) in [6.07, 6.45) is 0.0268. The highest BCUT2D eigenvalue weighted by atomic mass is 127. The average Bonchev–Trinajstić information content (AvgIpc) is 2.67. The molecule has 0 radical (unpaired) electrons. The molecule has 0 spiro atoms. The van der Waals surface area contributed by atoms with E-state index in [0.29, 0.717) is 8.96 Å². The van der Waals surface area contributed by atoms with E-state index in [1.165, 1.54) is 18.3 Å². The Labute approximate surface area is 191 Å². The standard InChI is InChI=1S/C20H23F2IN4O4/c1-19(2,3)31-18(29)27-6-5-20(21,22)14(9-27)26-16-12-7-11(23)8-13(17(28)30-4)15(12)24-10-25-16/h7-8,10,14H,5-6,9H2,1-4H3,(H,24,25,26). The smallest absolute Gasteiger partial charge is 0.410 e. The Kier molecular flexibility index (Phi) is 6.53. The van der Waals surface area contributed by atoms with Crippen LogP contribution in [0.4, 0.5) is 19.4 Å². The minimum Gasteiger partial charge on any atom is -0.465 e. The fourth-order valence-electron chi connectivity index (χ4n) is 3.23. The van der Waals surface area contributed by atoms with Crippen molar-refractivity contribution < 1.29 is 27.8 Å². The monoisotopic (exact) mass is 548 g/mol. The van der Waals surface area contributed by atoms with Crippen molar-refractivity contribution in [2.24, 2.45) is 0 Å². The normalized spacial score (nSPS) is 18.5. The van der Waals surface area contributed by atoms with E-state index in [2.05, 4.69) is 15.3 Å². The van der Waals surface area contributed by atoms with Crippen LogP contribution in [0.25, 0.3) is 10.9 Å². The summed E-state index contributed by atoms with van der Waals surface area (Å²) >= 11 is 2.01. The second kappa shape index (κ2) is 8.67. The molecule has 1 N–H and O–H groups in total. The lowest BCUT2D eigenvalue weighted by Gasteiger charge is -2.39. The van der Waals surface area contributed by atoms with Gasteiger partial charge in [-0.2, -0.15) is 0 Å². The molecular weight excluding hydrogens is 525 g/mol. The minimum absolute atomic E-state index is 0.116. The highest BCUT2D eigenvalue weighted by molar-refractivity contribution is 14.1. The summed E-state index contributed by atoms with van der Waals surface area (Å²) < 4.78 is 40.2. The number of hydrogen-bond donors (Lipinski definition) is 1. The van der Waals surface area contributed by atoms with E-state index in [4.69, 9.17) is 9.47 Å². The van der Waals surface area contributed by atoms with Gasteiger partial charge in [0.2, 0.25) is 0 Å². The number of piperidine rings is 1. The lowest BCUT2D eigenvalue weighted by Crippen LogP contribution is -2.56. The van der Waals surface area contributed by atoms with Gasteiger partial charge in [0.05, 0.1) is 24.7 Å². The zero-order valence-electron chi connectivity index (χ0n) is 17.5. The van der Waals surface area contributed by atoms with Crippen LogP contribution in [0.5, 0.6) is 0 Å². The molecule has 2 aromatic rings. The van der Waals surface area contributed by atoms with Gasteiger partial charge in [-0.3, -0.25) is 0 Å². The first-order valence-electron chi connectivity index (χ1n) is 9.56. The van der Waals surface area contributed by atoms with Gasteiger partial charge in [0.1, 0.15) is 23.8 Å². The third-order valence-corrected chi connectivity index (χ3v) is 5.32. The van der Waals surface area contributed by atoms with E-state index in [9.17, 15) is 18.4 Å². The molecule has 1 unspecified atom stereocenters. The van der Waals surface area contributed by atoms with Crippen LogP contribution in [0.1, 0.15) is 37.6 Å². The van der Waals surface area contributed by atoms with E-state index in [0.717, 1.165) is 0 Å². The van der Waals surface area contributed by atoms with Gasteiger partial charge in [0, 0.05) is 21.9 Å². The Morgan fingerprint density at radius 2 is 2.00 bits per heavy atom. The lowest BCUT2D eigenvalue weighted by molar-refractivity contribution is -0.0683. The number of hydrogen-bond acceptors (Lipinski definition) is 7. The zero-order chi connectivity index (χ0) is 23.0. The van der Waals surface area contributed by atoms with E-state index in [-0.39, 0.29) is 30.0 Å². The maximum absolute atomic E-state index is 14.7. The lowest BCUT2D eigenvalue weighted by atomic mass is 10.0. The Balaban J connectivity index is 1.93. The van der Waals surface area contributed by atoms with Crippen molar-refractivity contribution in [2.75, 3.05) is 25.5 Å². The van der Waals surface area contributed by atoms with Crippen molar-refractivity contribution in [3.05, 3.63) is 27.6 Å². The number of amides is 1. The van der Waals surface area contributed by atoms with Gasteiger partial charge < -0.3 is 19.7 Å². The Morgan fingerprint density at radius 1 is 1.29 bits per heavy atom. The van der Waals surface area contributed by atoms with Gasteiger partial charge >= 0.3 is 12.1 Å². The van der Waals surface area contributed by atoms with Crippen LogP contribution < -0.4 is 5.32 Å². The number of carbonyl (C=O) groups is 2. The van der Waals surface area contributed by atoms with Gasteiger partial charge in [0.25, 0.3) is 5.92 Å². The molecule has 1 atom stereocenters. The Morgan fingerprint density at radius 3 is 2.65 bits per heavy atom. The third-order valence-electron chi connectivity index (χ3n) is 4.70. The summed E-state index contributed by atoms with van der Waals surface area (Å²) in [5.74, 6) is -3.53. The predicted octanol–water partition coefficient (Wildman–Crippen LogP) is 4.08. The fourth-order valence-corrected chi connectivity index (χ4v) is 3.85. The van der Waals surface area contributed by atoms with Gasteiger partial charge in [-0.25, -0.2) is 28.3 Å². The molecular formula is C20H23F2IN4O4. The average molecular weight is 548 g/mol. The summed E-state index contributed by atoms with van der Waals surface area (Å²) in [6.45, 7) is 4.77. The maximum atomic E-state index is 14.7. The van der Waals surface area contributed by atoms with Gasteiger partial charge in [-0.15, -0.1) is 0 Å². The number of rotatable bonds is 3. The number of halogens is 3. The maximum Gasteiger partial charge on any atom is 0.410 e. The Hall–Kier alpha value is -2.31. The molecule has 0 aliphatic carbocycles. The van der Waals surface area contributed by atoms with E-state index >= 15 is 0 Å². The molecule has 1 aromatic heterocycles. The highest BCUT2D eigenvalue weighted by Crippen LogP contribution is 2.33. The number of alkyl halides is 2. The summed E-state index contributed by atoms with van der Waals surface area (Å²) in [7, 11) is 1.25. The SMILES string of the molecule is COC(=O)c1cc(I)cc2c(NC3CN(C(=O)OC(C)(C)C)CCC3(F)F)ncnc12. The number of likely N-dealkylation sites (tertiary alicyclic amines) is 1. The van der Waals surface area contributed by atoms with Crippen molar-refractivity contribution >= 4 is 51.4 Å². The van der Waals surface area contributed by atoms with Crippen LogP contribution in [0.15, 0.2) is 18.5 Å². The summed E-state index contributed by atoms with van der Waals surface area (Å²) in [6, 6.07) is 1.90. The molecule has 2 heterocycles. The predicted molar refractivity (Wildman–Crippen MR) is 118 cm³/mol. The molecule has 1 amide bonds. The van der Waals surface area contributed by atoms with Crippen LogP contribution in [-0.2, 0) is 9.47 Å². The second-order valence-electron chi connectivity index (χ2n) is 8.20. The van der Waals surface area contributed by atoms with Crippen molar-refractivity contribution in [1.29, 1.82) is 0 Å². The number of aromatic nitrogens is 2. The third kappa shape index (κ3) is 5.31. The molecule has 0 bridgehead atoms. The molecule has 1 aliphatic heterocycles. The summed E-state index contributed by atoms with van der Waals surface area (Å²) in [4.78, 5) is 34.0. The fraction of sp³-hybridized carbons (Fsp3) is 0.500. The van der Waals surface area contributed by atoms with E-state index in [1.807, 2.05) is 22.6 Å². The van der Waals surface area contributed by atoms with Crippen LogP contribution in [0.2, 0.25) is 0 Å². The van der Waals surface area contributed by atoms with Crippen molar-refractivity contribution in [3.8, 4) is 0 Å². The minimum atomic E-state index is -3.08. The molecule has 3 rings (SSSR count). The molecule has 1 fully saturated rings. The van der Waals surface area contributed by atoms with Crippen LogP contribution in [-0.4, -0.2) is 64.7 Å². The number of nitrogens with one attached hydrogen (secondary N) is 1. The first-order valence-corrected chi connectivity index (χ1v) is 10.6. The topological polar surface area (TPSA) is 93.7 Å². The number of methoxy groups -OCH3 is 1. The molecule has 1 aromatic carbocycles. The van der Waals surface area contributed by atoms with Crippen molar-refractivity contribution in [2.45, 2.75) is 44.8 Å². The van der Waals surface area contributed by atoms with Crippen LogP contribution in [0.3, 0.4) is 0 Å². The van der Waals surface area contributed by atoms with Gasteiger partial charge in [0.15, 0.2) is 0 Å². The van der Waals surface area contributed by atoms with Crippen molar-refractivity contribution in [1.82, 2.24) is 14.9 Å². The molecule has 1 aliphatic rings. The number of fused-ring (bicyclic) bond motifs is 1. The highest BCUT2D eigenvalue weighted by Gasteiger charge is 2.46. The van der Waals surface area contributed by atoms with Crippen LogP contribution in [0, 0.1) is 3.57 Å². The first-order chi connectivity index (χ1) is 14.4. The number of carbonyl (C=O) groups excluding carboxylic acids is 2. The van der Waals surface area contributed by atoms with E-state index < -0.39 is 36.0 Å². The molecule has 1 saturated heterocycles. The number of nitrogens with zero attached hydrogens (tertiary/aromatic N) is 3. The summed E-state index contributed by atoms with van der Waals surface area (Å²) in [5, 5.41) is 3.17. The molecule has 8 nitrogen and oxygen atoms in total. The van der Waals surface area contributed by atoms with E-state index in [1.54, 1.807) is 32.9 Å².